The number of nitrogens with two attached hydrogens (primary N) is 1. The topological polar surface area (TPSA) is 38.9 Å². The first kappa shape index (κ1) is 9.97. The second-order valence-electron chi connectivity index (χ2n) is 4.26. The van der Waals surface area contributed by atoms with E-state index in [9.17, 15) is 0 Å². The minimum Gasteiger partial charge on any atom is -0.375 e. The smallest absolute Gasteiger partial charge is 0.180 e. The summed E-state index contributed by atoms with van der Waals surface area (Å²) in [5.41, 5.74) is 6.94. The zero-order chi connectivity index (χ0) is 9.97. The molecule has 0 spiro atoms. The Hall–Kier alpha value is -0.570. The van der Waals surface area contributed by atoms with E-state index in [1.165, 1.54) is 42.7 Å². The highest BCUT2D eigenvalue weighted by Crippen LogP contribution is 2.29. The number of hydrogen-bond donors (Lipinski definition) is 1. The number of aromatic nitrogens is 1. The summed E-state index contributed by atoms with van der Waals surface area (Å²) in [6.07, 6.45) is 8.16. The molecule has 1 aromatic heterocycles. The Morgan fingerprint density at radius 3 is 2.64 bits per heavy atom. The molecule has 0 saturated heterocycles. The Morgan fingerprint density at radius 1 is 1.36 bits per heavy atom. The molecule has 1 aliphatic carbocycles. The maximum atomic E-state index is 5.69. The lowest BCUT2D eigenvalue weighted by Gasteiger charge is -2.20. The van der Waals surface area contributed by atoms with Crippen LogP contribution < -0.4 is 5.73 Å². The van der Waals surface area contributed by atoms with Crippen LogP contribution in [0.4, 0.5) is 5.13 Å². The van der Waals surface area contributed by atoms with Crippen LogP contribution in [0.2, 0.25) is 0 Å². The number of aryl methyl sites for hydroxylation is 1. The number of rotatable bonds is 2. The van der Waals surface area contributed by atoms with Crippen LogP contribution in [0, 0.1) is 12.8 Å². The summed E-state index contributed by atoms with van der Waals surface area (Å²) in [5.74, 6) is 0.865. The highest BCUT2D eigenvalue weighted by Gasteiger charge is 2.16. The van der Waals surface area contributed by atoms with Crippen LogP contribution in [0.3, 0.4) is 0 Å². The second-order valence-corrected chi connectivity index (χ2v) is 5.50. The van der Waals surface area contributed by atoms with Crippen LogP contribution in [0.1, 0.15) is 42.7 Å². The summed E-state index contributed by atoms with van der Waals surface area (Å²) in [6.45, 7) is 2.13. The lowest BCUT2D eigenvalue weighted by Crippen LogP contribution is -2.10. The number of nitrogen functional groups attached to an aromatic ring is 1. The van der Waals surface area contributed by atoms with Gasteiger partial charge >= 0.3 is 0 Å². The van der Waals surface area contributed by atoms with Gasteiger partial charge in [0.2, 0.25) is 0 Å². The molecule has 2 nitrogen and oxygen atoms in total. The van der Waals surface area contributed by atoms with Gasteiger partial charge in [-0.3, -0.25) is 0 Å². The predicted octanol–water partition coefficient (Wildman–Crippen LogP) is 3.16. The van der Waals surface area contributed by atoms with Gasteiger partial charge in [-0.25, -0.2) is 4.98 Å². The number of anilines is 1. The highest BCUT2D eigenvalue weighted by atomic mass is 32.1. The van der Waals surface area contributed by atoms with Crippen molar-refractivity contribution in [2.24, 2.45) is 5.92 Å². The van der Waals surface area contributed by atoms with E-state index in [0.29, 0.717) is 0 Å². The van der Waals surface area contributed by atoms with Gasteiger partial charge in [0.25, 0.3) is 0 Å². The van der Waals surface area contributed by atoms with E-state index < -0.39 is 0 Å². The molecule has 0 bridgehead atoms. The van der Waals surface area contributed by atoms with Gasteiger partial charge < -0.3 is 5.73 Å². The number of thiazole rings is 1. The first-order chi connectivity index (χ1) is 6.75. The van der Waals surface area contributed by atoms with E-state index >= 15 is 0 Å². The summed E-state index contributed by atoms with van der Waals surface area (Å²) in [7, 11) is 0. The normalized spacial score (nSPS) is 18.6. The summed E-state index contributed by atoms with van der Waals surface area (Å²) >= 11 is 1.62. The van der Waals surface area contributed by atoms with Gasteiger partial charge in [0, 0.05) is 4.88 Å². The Labute approximate surface area is 89.5 Å². The van der Waals surface area contributed by atoms with E-state index in [4.69, 9.17) is 5.73 Å². The van der Waals surface area contributed by atoms with Crippen molar-refractivity contribution in [3.63, 3.8) is 0 Å². The van der Waals surface area contributed by atoms with Crippen LogP contribution in [0.5, 0.6) is 0 Å². The molecule has 78 valence electrons. The average Bonchev–Trinajstić information content (AvgIpc) is 2.47. The summed E-state index contributed by atoms with van der Waals surface area (Å²) in [5, 5.41) is 0.730. The Morgan fingerprint density at radius 2 is 2.07 bits per heavy atom. The Bertz CT molecular complexity index is 300. The molecule has 14 heavy (non-hydrogen) atoms. The summed E-state index contributed by atoms with van der Waals surface area (Å²) < 4.78 is 0. The van der Waals surface area contributed by atoms with E-state index in [2.05, 4.69) is 11.9 Å². The molecule has 1 fully saturated rings. The van der Waals surface area contributed by atoms with Crippen molar-refractivity contribution in [1.82, 2.24) is 4.98 Å². The number of nitrogens with zero attached hydrogens (tertiary/aromatic N) is 1. The fraction of sp³-hybridized carbons (Fsp3) is 0.727. The molecule has 2 rings (SSSR count). The minimum atomic E-state index is 0.730. The van der Waals surface area contributed by atoms with Gasteiger partial charge in [-0.2, -0.15) is 0 Å². The molecular weight excluding hydrogens is 192 g/mol. The highest BCUT2D eigenvalue weighted by molar-refractivity contribution is 7.15. The van der Waals surface area contributed by atoms with Crippen LogP contribution >= 0.6 is 11.3 Å². The average molecular weight is 210 g/mol. The first-order valence-electron chi connectivity index (χ1n) is 5.47. The standard InChI is InChI=1S/C11H18N2S/c1-8-10(13-11(12)14-8)7-9-5-3-2-4-6-9/h9H,2-7H2,1H3,(H2,12,13). The van der Waals surface area contributed by atoms with Crippen molar-refractivity contribution in [3.05, 3.63) is 10.6 Å². The largest absolute Gasteiger partial charge is 0.375 e. The van der Waals surface area contributed by atoms with Gasteiger partial charge in [-0.1, -0.05) is 32.1 Å². The molecule has 0 amide bonds. The predicted molar refractivity (Wildman–Crippen MR) is 61.5 cm³/mol. The van der Waals surface area contributed by atoms with E-state index in [0.717, 1.165) is 17.5 Å². The van der Waals surface area contributed by atoms with Gasteiger partial charge in [0.1, 0.15) is 0 Å². The molecule has 1 aromatic rings. The maximum Gasteiger partial charge on any atom is 0.180 e. The third-order valence-electron chi connectivity index (χ3n) is 3.12. The molecular formula is C11H18N2S. The Balaban J connectivity index is 1.98. The first-order valence-corrected chi connectivity index (χ1v) is 6.29. The molecule has 1 saturated carbocycles. The minimum absolute atomic E-state index is 0.730. The third kappa shape index (κ3) is 2.27. The van der Waals surface area contributed by atoms with Crippen molar-refractivity contribution in [1.29, 1.82) is 0 Å². The van der Waals surface area contributed by atoms with Crippen LogP contribution in [-0.4, -0.2) is 4.98 Å². The summed E-state index contributed by atoms with van der Waals surface area (Å²) in [6, 6.07) is 0. The zero-order valence-corrected chi connectivity index (χ0v) is 9.57. The van der Waals surface area contributed by atoms with Gasteiger partial charge in [-0.15, -0.1) is 11.3 Å². The third-order valence-corrected chi connectivity index (χ3v) is 3.96. The Kier molecular flexibility index (Phi) is 3.06. The molecule has 1 aliphatic rings. The SMILES string of the molecule is Cc1sc(N)nc1CC1CCCCC1. The van der Waals surface area contributed by atoms with Crippen LogP contribution in [0.25, 0.3) is 0 Å². The van der Waals surface area contributed by atoms with Crippen LogP contribution in [-0.2, 0) is 6.42 Å². The van der Waals surface area contributed by atoms with Crippen molar-refractivity contribution >= 4 is 16.5 Å². The quantitative estimate of drug-likeness (QED) is 0.814. The van der Waals surface area contributed by atoms with Gasteiger partial charge in [-0.05, 0) is 19.3 Å². The van der Waals surface area contributed by atoms with Gasteiger partial charge in [0.15, 0.2) is 5.13 Å². The van der Waals surface area contributed by atoms with E-state index in [1.807, 2.05) is 0 Å². The second kappa shape index (κ2) is 4.30. The fourth-order valence-electron chi connectivity index (χ4n) is 2.30. The van der Waals surface area contributed by atoms with Crippen molar-refractivity contribution < 1.29 is 0 Å². The molecule has 0 aromatic carbocycles. The van der Waals surface area contributed by atoms with Crippen molar-refractivity contribution in [2.75, 3.05) is 5.73 Å². The molecule has 0 atom stereocenters. The molecule has 0 aliphatic heterocycles. The monoisotopic (exact) mass is 210 g/mol. The molecule has 0 unspecified atom stereocenters. The van der Waals surface area contributed by atoms with Crippen molar-refractivity contribution in [2.45, 2.75) is 45.4 Å². The molecule has 2 N–H and O–H groups in total. The van der Waals surface area contributed by atoms with E-state index in [-0.39, 0.29) is 0 Å². The van der Waals surface area contributed by atoms with Gasteiger partial charge in [0.05, 0.1) is 5.69 Å². The summed E-state index contributed by atoms with van der Waals surface area (Å²) in [4.78, 5) is 5.71. The lowest BCUT2D eigenvalue weighted by atomic mass is 9.86. The number of hydrogen-bond acceptors (Lipinski definition) is 3. The van der Waals surface area contributed by atoms with Crippen LogP contribution in [0.15, 0.2) is 0 Å². The zero-order valence-electron chi connectivity index (χ0n) is 8.75. The maximum absolute atomic E-state index is 5.69. The molecule has 1 heterocycles. The van der Waals surface area contributed by atoms with Crippen molar-refractivity contribution in [3.8, 4) is 0 Å². The molecule has 0 radical (unpaired) electrons. The molecule has 3 heteroatoms. The van der Waals surface area contributed by atoms with E-state index in [1.54, 1.807) is 11.3 Å². The lowest BCUT2D eigenvalue weighted by molar-refractivity contribution is 0.354. The fourth-order valence-corrected chi connectivity index (χ4v) is 3.02.